The number of hydrogen-bond acceptors (Lipinski definition) is 6. The van der Waals surface area contributed by atoms with Crippen LogP contribution < -0.4 is 10.1 Å². The molecule has 1 saturated heterocycles. The third-order valence-corrected chi connectivity index (χ3v) is 5.52. The third kappa shape index (κ3) is 5.68. The molecule has 0 aliphatic carbocycles. The first-order chi connectivity index (χ1) is 14.1. The Labute approximate surface area is 174 Å². The molecule has 8 nitrogen and oxygen atoms in total. The zero-order chi connectivity index (χ0) is 20.6. The van der Waals surface area contributed by atoms with Crippen LogP contribution in [0.3, 0.4) is 0 Å². The van der Waals surface area contributed by atoms with Crippen LogP contribution in [0.5, 0.6) is 5.75 Å². The van der Waals surface area contributed by atoms with E-state index in [1.165, 1.54) is 11.3 Å². The lowest BCUT2D eigenvalue weighted by molar-refractivity contribution is 0.0787. The first-order valence-corrected chi connectivity index (χ1v) is 10.4. The Hall–Kier alpha value is -2.65. The highest BCUT2D eigenvalue weighted by Crippen LogP contribution is 2.19. The smallest absolute Gasteiger partial charge is 0.322 e. The van der Waals surface area contributed by atoms with Crippen molar-refractivity contribution in [3.63, 3.8) is 0 Å². The highest BCUT2D eigenvalue weighted by Gasteiger charge is 2.23. The summed E-state index contributed by atoms with van der Waals surface area (Å²) < 4.78 is 10.3. The standard InChI is InChI=1S/C20H26N4O4S/c1-27-12-11-24(20(26)21-15-5-7-16(28-2)8-6-15)13-18-22-17(14-29-18)19(25)23-9-3-4-10-23/h5-8,14H,3-4,9-13H2,1-2H3,(H,21,26). The number of aromatic nitrogens is 1. The summed E-state index contributed by atoms with van der Waals surface area (Å²) in [6, 6.07) is 6.87. The number of benzene rings is 1. The van der Waals surface area contributed by atoms with Crippen molar-refractivity contribution in [1.82, 2.24) is 14.8 Å². The highest BCUT2D eigenvalue weighted by molar-refractivity contribution is 7.09. The lowest BCUT2D eigenvalue weighted by Gasteiger charge is -2.22. The molecule has 1 fully saturated rings. The molecule has 1 N–H and O–H groups in total. The van der Waals surface area contributed by atoms with Crippen molar-refractivity contribution in [2.75, 3.05) is 45.8 Å². The van der Waals surface area contributed by atoms with Crippen molar-refractivity contribution in [3.05, 3.63) is 40.3 Å². The SMILES string of the molecule is COCCN(Cc1nc(C(=O)N2CCCC2)cs1)C(=O)Nc1ccc(OC)cc1. The van der Waals surface area contributed by atoms with Crippen LogP contribution in [0.1, 0.15) is 28.3 Å². The molecule has 156 valence electrons. The largest absolute Gasteiger partial charge is 0.497 e. The normalized spacial score (nSPS) is 13.4. The van der Waals surface area contributed by atoms with Crippen molar-refractivity contribution < 1.29 is 19.1 Å². The summed E-state index contributed by atoms with van der Waals surface area (Å²) in [7, 11) is 3.19. The van der Waals surface area contributed by atoms with E-state index in [9.17, 15) is 9.59 Å². The van der Waals surface area contributed by atoms with Crippen LogP contribution in [0.15, 0.2) is 29.6 Å². The number of methoxy groups -OCH3 is 2. The molecule has 2 aromatic rings. The van der Waals surface area contributed by atoms with Gasteiger partial charge >= 0.3 is 6.03 Å². The number of carbonyl (C=O) groups is 2. The molecule has 1 aromatic carbocycles. The van der Waals surface area contributed by atoms with Gasteiger partial charge in [-0.2, -0.15) is 0 Å². The predicted octanol–water partition coefficient (Wildman–Crippen LogP) is 3.07. The van der Waals surface area contributed by atoms with E-state index in [1.807, 2.05) is 4.90 Å². The number of anilines is 1. The number of nitrogens with one attached hydrogen (secondary N) is 1. The first-order valence-electron chi connectivity index (χ1n) is 9.53. The molecule has 0 unspecified atom stereocenters. The Bertz CT molecular complexity index is 818. The van der Waals surface area contributed by atoms with Crippen molar-refractivity contribution in [2.24, 2.45) is 0 Å². The molecule has 1 aliphatic heterocycles. The zero-order valence-corrected chi connectivity index (χ0v) is 17.5. The topological polar surface area (TPSA) is 84.0 Å². The van der Waals surface area contributed by atoms with Crippen LogP contribution in [0, 0.1) is 0 Å². The molecule has 0 radical (unpaired) electrons. The van der Waals surface area contributed by atoms with Crippen molar-refractivity contribution in [1.29, 1.82) is 0 Å². The average molecular weight is 419 g/mol. The van der Waals surface area contributed by atoms with Gasteiger partial charge in [0.15, 0.2) is 0 Å². The van der Waals surface area contributed by atoms with E-state index >= 15 is 0 Å². The molecular weight excluding hydrogens is 392 g/mol. The lowest BCUT2D eigenvalue weighted by Crippen LogP contribution is -2.36. The monoisotopic (exact) mass is 418 g/mol. The molecule has 9 heteroatoms. The number of amides is 3. The van der Waals surface area contributed by atoms with Crippen LogP contribution >= 0.6 is 11.3 Å². The van der Waals surface area contributed by atoms with Gasteiger partial charge in [-0.25, -0.2) is 9.78 Å². The van der Waals surface area contributed by atoms with Crippen molar-refractivity contribution in [2.45, 2.75) is 19.4 Å². The van der Waals surface area contributed by atoms with Crippen LogP contribution in [-0.4, -0.2) is 67.2 Å². The summed E-state index contributed by atoms with van der Waals surface area (Å²) in [6.07, 6.45) is 2.08. The predicted molar refractivity (Wildman–Crippen MR) is 112 cm³/mol. The molecule has 1 aromatic heterocycles. The minimum absolute atomic E-state index is 0.0314. The van der Waals surface area contributed by atoms with Gasteiger partial charge in [0.1, 0.15) is 16.5 Å². The number of rotatable bonds is 8. The maximum atomic E-state index is 12.8. The molecule has 0 atom stereocenters. The van der Waals surface area contributed by atoms with Crippen molar-refractivity contribution >= 4 is 29.0 Å². The number of hydrogen-bond donors (Lipinski definition) is 1. The second-order valence-electron chi connectivity index (χ2n) is 6.70. The van der Waals surface area contributed by atoms with Gasteiger partial charge in [0.25, 0.3) is 5.91 Å². The maximum absolute atomic E-state index is 12.8. The van der Waals surface area contributed by atoms with E-state index in [-0.39, 0.29) is 11.9 Å². The van der Waals surface area contributed by atoms with Crippen molar-refractivity contribution in [3.8, 4) is 5.75 Å². The second kappa shape index (κ2) is 10.2. The van der Waals surface area contributed by atoms with E-state index < -0.39 is 0 Å². The van der Waals surface area contributed by atoms with E-state index in [4.69, 9.17) is 9.47 Å². The summed E-state index contributed by atoms with van der Waals surface area (Å²) in [4.78, 5) is 33.2. The number of carbonyl (C=O) groups excluding carboxylic acids is 2. The molecule has 29 heavy (non-hydrogen) atoms. The van der Waals surface area contributed by atoms with Gasteiger partial charge < -0.3 is 24.6 Å². The van der Waals surface area contributed by atoms with Gasteiger partial charge in [-0.05, 0) is 37.1 Å². The highest BCUT2D eigenvalue weighted by atomic mass is 32.1. The van der Waals surface area contributed by atoms with Gasteiger partial charge in [0, 0.05) is 37.8 Å². The van der Waals surface area contributed by atoms with E-state index in [1.54, 1.807) is 48.8 Å². The van der Waals surface area contributed by atoms with Gasteiger partial charge in [0.2, 0.25) is 0 Å². The van der Waals surface area contributed by atoms with Crippen LogP contribution in [0.2, 0.25) is 0 Å². The number of ether oxygens (including phenoxy) is 2. The molecule has 0 bridgehead atoms. The average Bonchev–Trinajstić information content (AvgIpc) is 3.43. The van der Waals surface area contributed by atoms with E-state index in [2.05, 4.69) is 10.3 Å². The van der Waals surface area contributed by atoms with Gasteiger partial charge in [0.05, 0.1) is 20.3 Å². The van der Waals surface area contributed by atoms with E-state index in [0.717, 1.165) is 31.7 Å². The van der Waals surface area contributed by atoms with Crippen LogP contribution in [0.4, 0.5) is 10.5 Å². The molecule has 2 heterocycles. The Kier molecular flexibility index (Phi) is 7.42. The summed E-state index contributed by atoms with van der Waals surface area (Å²) in [5.74, 6) is 0.688. The number of thiazole rings is 1. The van der Waals surface area contributed by atoms with Crippen LogP contribution in [-0.2, 0) is 11.3 Å². The first kappa shape index (κ1) is 21.1. The van der Waals surface area contributed by atoms with E-state index in [0.29, 0.717) is 36.1 Å². The number of nitrogens with zero attached hydrogens (tertiary/aromatic N) is 3. The Morgan fingerprint density at radius 2 is 1.93 bits per heavy atom. The minimum atomic E-state index is -0.255. The Morgan fingerprint density at radius 3 is 2.59 bits per heavy atom. The minimum Gasteiger partial charge on any atom is -0.497 e. The van der Waals surface area contributed by atoms with Gasteiger partial charge in [-0.3, -0.25) is 4.79 Å². The molecular formula is C20H26N4O4S. The summed E-state index contributed by atoms with van der Waals surface area (Å²) in [5.41, 5.74) is 1.12. The Balaban J connectivity index is 1.64. The van der Waals surface area contributed by atoms with Gasteiger partial charge in [-0.15, -0.1) is 11.3 Å². The molecule has 0 saturated carbocycles. The fourth-order valence-electron chi connectivity index (χ4n) is 3.06. The molecule has 1 aliphatic rings. The fraction of sp³-hybridized carbons (Fsp3) is 0.450. The second-order valence-corrected chi connectivity index (χ2v) is 7.64. The number of likely N-dealkylation sites (tertiary alicyclic amines) is 1. The molecule has 3 rings (SSSR count). The van der Waals surface area contributed by atoms with Gasteiger partial charge in [-0.1, -0.05) is 0 Å². The Morgan fingerprint density at radius 1 is 1.21 bits per heavy atom. The maximum Gasteiger partial charge on any atom is 0.322 e. The zero-order valence-electron chi connectivity index (χ0n) is 16.7. The number of urea groups is 1. The quantitative estimate of drug-likeness (QED) is 0.712. The summed E-state index contributed by atoms with van der Waals surface area (Å²) in [5, 5.41) is 5.36. The lowest BCUT2D eigenvalue weighted by atomic mass is 10.3. The summed E-state index contributed by atoms with van der Waals surface area (Å²) >= 11 is 1.39. The van der Waals surface area contributed by atoms with Crippen LogP contribution in [0.25, 0.3) is 0 Å². The fourth-order valence-corrected chi connectivity index (χ4v) is 3.84. The summed E-state index contributed by atoms with van der Waals surface area (Å²) in [6.45, 7) is 2.70. The molecule has 0 spiro atoms. The third-order valence-electron chi connectivity index (χ3n) is 4.68. The molecule has 3 amide bonds.